The van der Waals surface area contributed by atoms with Crippen molar-refractivity contribution in [3.8, 4) is 0 Å². The molecule has 1 heterocycles. The molecule has 2 amide bonds. The maximum absolute atomic E-state index is 12.9. The number of unbranched alkanes of at least 4 members (excludes halogenated alkanes) is 2. The molecule has 0 saturated carbocycles. The first-order chi connectivity index (χ1) is 23.6. The van der Waals surface area contributed by atoms with Crippen LogP contribution in [0.2, 0.25) is 0 Å². The molecule has 0 aliphatic carbocycles. The van der Waals surface area contributed by atoms with Crippen LogP contribution in [0.15, 0.2) is 48.6 Å². The number of nitrogens with zero attached hydrogens (tertiary/aromatic N) is 2. The summed E-state index contributed by atoms with van der Waals surface area (Å²) in [6.45, 7) is 10.8. The lowest BCUT2D eigenvalue weighted by Gasteiger charge is -2.31. The summed E-state index contributed by atoms with van der Waals surface area (Å²) in [6.07, 6.45) is 23.5. The van der Waals surface area contributed by atoms with Crippen LogP contribution in [0.4, 0.5) is 0 Å². The van der Waals surface area contributed by atoms with Crippen LogP contribution in [0.3, 0.4) is 0 Å². The number of carbonyl (C=O) groups is 2. The van der Waals surface area contributed by atoms with Crippen molar-refractivity contribution in [3.05, 3.63) is 48.6 Å². The largest absolute Gasteiger partial charge is 0.391 e. The van der Waals surface area contributed by atoms with E-state index < -0.39 is 36.6 Å². The topological polar surface area (TPSA) is 146 Å². The van der Waals surface area contributed by atoms with E-state index in [1.165, 1.54) is 0 Å². The van der Waals surface area contributed by atoms with Gasteiger partial charge in [0.15, 0.2) is 0 Å². The van der Waals surface area contributed by atoms with Crippen molar-refractivity contribution in [2.75, 3.05) is 32.7 Å². The summed E-state index contributed by atoms with van der Waals surface area (Å²) >= 11 is 0. The fourth-order valence-electron chi connectivity index (χ4n) is 5.93. The highest BCUT2D eigenvalue weighted by Gasteiger charge is 2.33. The molecule has 0 aromatic heterocycles. The normalized spacial score (nSPS) is 19.9. The van der Waals surface area contributed by atoms with Crippen molar-refractivity contribution in [3.63, 3.8) is 0 Å². The molecular weight excluding hydrogens is 620 g/mol. The molecule has 0 aromatic rings. The van der Waals surface area contributed by atoms with E-state index in [-0.39, 0.29) is 11.8 Å². The summed E-state index contributed by atoms with van der Waals surface area (Å²) in [5.74, 6) is -0.335. The second-order valence-corrected chi connectivity index (χ2v) is 13.3. The van der Waals surface area contributed by atoms with Crippen molar-refractivity contribution in [1.82, 2.24) is 20.4 Å². The number of hydrogen-bond acceptors (Lipinski definition) is 8. The van der Waals surface area contributed by atoms with Crippen molar-refractivity contribution >= 4 is 11.8 Å². The summed E-state index contributed by atoms with van der Waals surface area (Å²) in [7, 11) is 0. The summed E-state index contributed by atoms with van der Waals surface area (Å²) in [4.78, 5) is 29.8. The van der Waals surface area contributed by atoms with Crippen LogP contribution >= 0.6 is 0 Å². The first-order valence-electron chi connectivity index (χ1n) is 19.0. The Morgan fingerprint density at radius 2 is 0.939 bits per heavy atom. The van der Waals surface area contributed by atoms with Gasteiger partial charge in [0, 0.05) is 32.6 Å². The highest BCUT2D eigenvalue weighted by atomic mass is 16.3. The van der Waals surface area contributed by atoms with Crippen LogP contribution in [0.1, 0.15) is 118 Å². The highest BCUT2D eigenvalue weighted by Crippen LogP contribution is 2.14. The van der Waals surface area contributed by atoms with E-state index in [1.54, 1.807) is 0 Å². The van der Waals surface area contributed by atoms with E-state index in [9.17, 15) is 30.0 Å². The summed E-state index contributed by atoms with van der Waals surface area (Å²) in [5, 5.41) is 48.2. The van der Waals surface area contributed by atoms with E-state index in [0.717, 1.165) is 44.9 Å². The molecule has 10 heteroatoms. The number of piperazine rings is 1. The Balaban J connectivity index is 2.56. The lowest BCUT2D eigenvalue weighted by molar-refractivity contribution is -0.137. The second kappa shape index (κ2) is 28.4. The van der Waals surface area contributed by atoms with Crippen molar-refractivity contribution in [2.24, 2.45) is 0 Å². The van der Waals surface area contributed by atoms with Gasteiger partial charge in [0.2, 0.25) is 11.8 Å². The van der Waals surface area contributed by atoms with Gasteiger partial charge in [0.05, 0.1) is 18.3 Å². The third-order valence-corrected chi connectivity index (χ3v) is 8.66. The van der Waals surface area contributed by atoms with Crippen molar-refractivity contribution < 1.29 is 30.0 Å². The highest BCUT2D eigenvalue weighted by molar-refractivity contribution is 5.96. The zero-order chi connectivity index (χ0) is 36.3. The van der Waals surface area contributed by atoms with Crippen LogP contribution in [0, 0.1) is 0 Å². The fourth-order valence-corrected chi connectivity index (χ4v) is 5.93. The predicted octanol–water partition coefficient (Wildman–Crippen LogP) is 4.74. The summed E-state index contributed by atoms with van der Waals surface area (Å²) in [5.41, 5.74) is 0. The molecule has 1 aliphatic rings. The van der Waals surface area contributed by atoms with Crippen LogP contribution in [-0.4, -0.2) is 111 Å². The Morgan fingerprint density at radius 1 is 0.551 bits per heavy atom. The summed E-state index contributed by atoms with van der Waals surface area (Å²) < 4.78 is 0. The van der Waals surface area contributed by atoms with E-state index >= 15 is 0 Å². The minimum Gasteiger partial charge on any atom is -0.391 e. The quantitative estimate of drug-likeness (QED) is 0.0375. The number of carbonyl (C=O) groups excluding carboxylic acids is 2. The van der Waals surface area contributed by atoms with Gasteiger partial charge in [0.25, 0.3) is 0 Å². The number of aliphatic hydroxyl groups is 4. The molecule has 1 saturated heterocycles. The van der Waals surface area contributed by atoms with Crippen LogP contribution < -0.4 is 10.6 Å². The molecule has 49 heavy (non-hydrogen) atoms. The summed E-state index contributed by atoms with van der Waals surface area (Å²) in [6, 6.07) is -1.15. The van der Waals surface area contributed by atoms with Crippen LogP contribution in [0.5, 0.6) is 0 Å². The molecule has 6 unspecified atom stereocenters. The predicted molar refractivity (Wildman–Crippen MR) is 200 cm³/mol. The number of nitrogens with one attached hydrogen (secondary N) is 2. The van der Waals surface area contributed by atoms with Crippen LogP contribution in [-0.2, 0) is 9.59 Å². The number of amides is 2. The van der Waals surface area contributed by atoms with Gasteiger partial charge in [-0.05, 0) is 90.0 Å². The van der Waals surface area contributed by atoms with Crippen LogP contribution in [0.25, 0.3) is 0 Å². The van der Waals surface area contributed by atoms with E-state index in [0.29, 0.717) is 77.7 Å². The Bertz CT molecular complexity index is 963. The Morgan fingerprint density at radius 3 is 1.37 bits per heavy atom. The monoisotopic (exact) mass is 691 g/mol. The van der Waals surface area contributed by atoms with E-state index in [1.807, 2.05) is 67.4 Å². The van der Waals surface area contributed by atoms with Crippen molar-refractivity contribution in [1.29, 1.82) is 0 Å². The molecule has 1 fully saturated rings. The molecule has 6 atom stereocenters. The molecule has 10 nitrogen and oxygen atoms in total. The average molecular weight is 691 g/mol. The molecule has 1 rings (SSSR count). The fraction of sp³-hybridized carbons (Fsp3) is 0.744. The number of rotatable bonds is 29. The van der Waals surface area contributed by atoms with E-state index in [4.69, 9.17) is 0 Å². The van der Waals surface area contributed by atoms with Gasteiger partial charge < -0.3 is 31.1 Å². The first-order valence-corrected chi connectivity index (χ1v) is 19.0. The zero-order valence-electron chi connectivity index (χ0n) is 31.0. The molecular formula is C39H70N4O6. The number of aliphatic hydroxyl groups excluding tert-OH is 4. The molecule has 282 valence electrons. The average Bonchev–Trinajstić information content (AvgIpc) is 3.06. The van der Waals surface area contributed by atoms with Gasteiger partial charge >= 0.3 is 0 Å². The van der Waals surface area contributed by atoms with Gasteiger partial charge in [0.1, 0.15) is 18.3 Å². The third-order valence-electron chi connectivity index (χ3n) is 8.66. The van der Waals surface area contributed by atoms with E-state index in [2.05, 4.69) is 29.4 Å². The van der Waals surface area contributed by atoms with Gasteiger partial charge in [-0.3, -0.25) is 19.4 Å². The Labute approximate surface area is 297 Å². The number of allylic oxidation sites excluding steroid dienone is 4. The standard InChI is InChI=1S/C39H70N4O6/c1-5-9-13-21-32(44)29-42(30-33(45)22-14-10-6-2)27-19-17-24-35-38(48)41-36(39(49)40-35)25-18-20-28-43(37(47)26-16-12-8-4)31-34(46)23-15-11-7-3/h9-16,32-37,44-47H,5-8,17-31H2,1-4H3,(H,40,49)(H,41,48)/b13-9-,14-10-,15-11-,16-12-. The maximum atomic E-state index is 12.9. The van der Waals surface area contributed by atoms with Gasteiger partial charge in [-0.25, -0.2) is 0 Å². The van der Waals surface area contributed by atoms with Gasteiger partial charge in [-0.2, -0.15) is 0 Å². The lowest BCUT2D eigenvalue weighted by atomic mass is 10.0. The molecule has 1 aliphatic heterocycles. The zero-order valence-corrected chi connectivity index (χ0v) is 31.0. The minimum atomic E-state index is -0.695. The smallest absolute Gasteiger partial charge is 0.243 e. The molecule has 0 spiro atoms. The molecule has 6 N–H and O–H groups in total. The minimum absolute atomic E-state index is 0.166. The third kappa shape index (κ3) is 21.5. The molecule has 0 bridgehead atoms. The Kier molecular flexibility index (Phi) is 25.9. The first kappa shape index (κ1) is 44.7. The van der Waals surface area contributed by atoms with Gasteiger partial charge in [-0.15, -0.1) is 0 Å². The maximum Gasteiger partial charge on any atom is 0.243 e. The lowest BCUT2D eigenvalue weighted by Crippen LogP contribution is -2.61. The SMILES string of the molecule is CC/C=C\CC(O)CN(CCCCC1NC(=O)C(CCCCN(CC(O)C/C=C\CC)C(O)C/C=C\CC)NC1=O)CC(O)C/C=C\CC. The number of hydrogen-bond donors (Lipinski definition) is 6. The van der Waals surface area contributed by atoms with Crippen molar-refractivity contribution in [2.45, 2.75) is 154 Å². The second-order valence-electron chi connectivity index (χ2n) is 13.3. The Hall–Kier alpha value is -2.34. The molecule has 0 aromatic carbocycles. The van der Waals surface area contributed by atoms with Gasteiger partial charge in [-0.1, -0.05) is 76.3 Å². The molecule has 0 radical (unpaired) electrons.